The summed E-state index contributed by atoms with van der Waals surface area (Å²) >= 11 is 1.47. The van der Waals surface area contributed by atoms with Gasteiger partial charge in [-0.05, 0) is 93.6 Å². The average molecular weight is 390 g/mol. The second-order valence-electron chi connectivity index (χ2n) is 9.22. The lowest BCUT2D eigenvalue weighted by Crippen LogP contribution is -2.56. The van der Waals surface area contributed by atoms with Crippen LogP contribution >= 0.6 is 11.3 Å². The van der Waals surface area contributed by atoms with E-state index in [1.165, 1.54) is 54.7 Å². The fourth-order valence-electron chi connectivity index (χ4n) is 6.32. The molecular formula is C22H31NO3S. The van der Waals surface area contributed by atoms with Gasteiger partial charge in [-0.3, -0.25) is 4.79 Å². The van der Waals surface area contributed by atoms with E-state index >= 15 is 0 Å². The highest BCUT2D eigenvalue weighted by atomic mass is 32.1. The predicted octanol–water partition coefficient (Wildman–Crippen LogP) is 4.50. The minimum atomic E-state index is -0.389. The van der Waals surface area contributed by atoms with Crippen LogP contribution in [0.3, 0.4) is 0 Å². The molecule has 1 atom stereocenters. The van der Waals surface area contributed by atoms with Crippen molar-refractivity contribution >= 4 is 23.2 Å². The summed E-state index contributed by atoms with van der Waals surface area (Å²) in [4.78, 5) is 26.5. The maximum atomic E-state index is 12.4. The van der Waals surface area contributed by atoms with E-state index in [4.69, 9.17) is 4.74 Å². The van der Waals surface area contributed by atoms with Crippen molar-refractivity contribution in [2.75, 3.05) is 6.61 Å². The van der Waals surface area contributed by atoms with Crippen molar-refractivity contribution in [1.29, 1.82) is 0 Å². The van der Waals surface area contributed by atoms with Gasteiger partial charge < -0.3 is 10.1 Å². The number of esters is 1. The van der Waals surface area contributed by atoms with Crippen LogP contribution in [-0.2, 0) is 16.0 Å². The number of rotatable bonds is 6. The van der Waals surface area contributed by atoms with Crippen molar-refractivity contribution in [3.63, 3.8) is 0 Å². The fraction of sp³-hybridized carbons (Fsp3) is 0.727. The third-order valence-electron chi connectivity index (χ3n) is 7.26. The second kappa shape index (κ2) is 7.23. The van der Waals surface area contributed by atoms with E-state index < -0.39 is 0 Å². The standard InChI is InChI=1S/C22H31NO3S/c1-4-18-13(2)5-19(27-18)21(25)26-12-20(24)23-14(3)22-9-15-6-16(10-22)8-17(7-15)11-22/h5,14-17H,4,6-12H2,1-3H3,(H,23,24)/t14-,15?,16?,17?,22?/m0/s1. The second-order valence-corrected chi connectivity index (χ2v) is 10.4. The first kappa shape index (κ1) is 19.0. The number of carbonyl (C=O) groups is 2. The summed E-state index contributed by atoms with van der Waals surface area (Å²) in [5.74, 6) is 2.03. The summed E-state index contributed by atoms with van der Waals surface area (Å²) in [6.45, 7) is 6.05. The van der Waals surface area contributed by atoms with Gasteiger partial charge in [0, 0.05) is 10.9 Å². The van der Waals surface area contributed by atoms with Crippen molar-refractivity contribution in [2.24, 2.45) is 23.2 Å². The Hall–Kier alpha value is -1.36. The van der Waals surface area contributed by atoms with Crippen LogP contribution in [0.5, 0.6) is 0 Å². The molecule has 0 spiro atoms. The molecule has 1 heterocycles. The maximum absolute atomic E-state index is 12.4. The van der Waals surface area contributed by atoms with Crippen LogP contribution in [-0.4, -0.2) is 24.5 Å². The molecule has 0 aliphatic heterocycles. The summed E-state index contributed by atoms with van der Waals surface area (Å²) in [7, 11) is 0. The van der Waals surface area contributed by atoms with Crippen LogP contribution in [0.25, 0.3) is 0 Å². The largest absolute Gasteiger partial charge is 0.451 e. The summed E-state index contributed by atoms with van der Waals surface area (Å²) < 4.78 is 5.28. The summed E-state index contributed by atoms with van der Waals surface area (Å²) in [5, 5.41) is 3.16. The van der Waals surface area contributed by atoms with Crippen molar-refractivity contribution in [3.8, 4) is 0 Å². The Morgan fingerprint density at radius 2 is 1.81 bits per heavy atom. The zero-order valence-corrected chi connectivity index (χ0v) is 17.5. The summed E-state index contributed by atoms with van der Waals surface area (Å²) in [6.07, 6.45) is 8.89. The molecule has 1 aromatic rings. The van der Waals surface area contributed by atoms with Gasteiger partial charge in [-0.15, -0.1) is 11.3 Å². The van der Waals surface area contributed by atoms with Crippen LogP contribution in [0.1, 0.15) is 72.5 Å². The molecule has 4 aliphatic rings. The Kier molecular flexibility index (Phi) is 5.08. The van der Waals surface area contributed by atoms with Gasteiger partial charge in [0.1, 0.15) is 4.88 Å². The molecular weight excluding hydrogens is 358 g/mol. The molecule has 0 radical (unpaired) electrons. The molecule has 5 rings (SSSR count). The highest BCUT2D eigenvalue weighted by molar-refractivity contribution is 7.14. The van der Waals surface area contributed by atoms with E-state index in [-0.39, 0.29) is 29.9 Å². The zero-order valence-electron chi connectivity index (χ0n) is 16.7. The smallest absolute Gasteiger partial charge is 0.348 e. The number of ether oxygens (including phenoxy) is 1. The van der Waals surface area contributed by atoms with Gasteiger partial charge in [-0.2, -0.15) is 0 Å². The summed E-state index contributed by atoms with van der Waals surface area (Å²) in [5.41, 5.74) is 1.39. The molecule has 4 saturated carbocycles. The number of hydrogen-bond acceptors (Lipinski definition) is 4. The molecule has 0 unspecified atom stereocenters. The van der Waals surface area contributed by atoms with Crippen LogP contribution in [0, 0.1) is 30.1 Å². The number of aryl methyl sites for hydroxylation is 2. The van der Waals surface area contributed by atoms with E-state index in [2.05, 4.69) is 19.2 Å². The van der Waals surface area contributed by atoms with Crippen LogP contribution < -0.4 is 5.32 Å². The fourth-order valence-corrected chi connectivity index (χ4v) is 7.33. The summed E-state index contributed by atoms with van der Waals surface area (Å²) in [6, 6.07) is 2.02. The molecule has 4 fully saturated rings. The minimum absolute atomic E-state index is 0.160. The molecule has 1 aromatic heterocycles. The van der Waals surface area contributed by atoms with Gasteiger partial charge in [0.25, 0.3) is 5.91 Å². The predicted molar refractivity (Wildman–Crippen MR) is 107 cm³/mol. The molecule has 27 heavy (non-hydrogen) atoms. The maximum Gasteiger partial charge on any atom is 0.348 e. The zero-order chi connectivity index (χ0) is 19.2. The molecule has 1 amide bonds. The Balaban J connectivity index is 1.31. The van der Waals surface area contributed by atoms with E-state index in [0.717, 1.165) is 29.7 Å². The minimum Gasteiger partial charge on any atom is -0.451 e. The van der Waals surface area contributed by atoms with Crippen molar-refractivity contribution in [1.82, 2.24) is 5.32 Å². The highest BCUT2D eigenvalue weighted by Crippen LogP contribution is 2.61. The van der Waals surface area contributed by atoms with E-state index in [1.807, 2.05) is 13.0 Å². The molecule has 5 heteroatoms. The quantitative estimate of drug-likeness (QED) is 0.729. The Labute approximate surface area is 166 Å². The third kappa shape index (κ3) is 3.67. The SMILES string of the molecule is CCc1sc(C(=O)OCC(=O)N[C@@H](C)C23CC4CC(CC(C4)C2)C3)cc1C. The topological polar surface area (TPSA) is 55.4 Å². The van der Waals surface area contributed by atoms with E-state index in [0.29, 0.717) is 4.88 Å². The van der Waals surface area contributed by atoms with Gasteiger partial charge in [0.2, 0.25) is 0 Å². The van der Waals surface area contributed by atoms with E-state index in [9.17, 15) is 9.59 Å². The lowest BCUT2D eigenvalue weighted by Gasteiger charge is -2.59. The molecule has 4 aliphatic carbocycles. The van der Waals surface area contributed by atoms with Gasteiger partial charge in [0.05, 0.1) is 0 Å². The average Bonchev–Trinajstić information content (AvgIpc) is 2.99. The van der Waals surface area contributed by atoms with Gasteiger partial charge >= 0.3 is 5.97 Å². The number of carbonyl (C=O) groups excluding carboxylic acids is 2. The molecule has 4 nitrogen and oxygen atoms in total. The molecule has 1 N–H and O–H groups in total. The third-order valence-corrected chi connectivity index (χ3v) is 8.62. The molecule has 148 valence electrons. The number of amides is 1. The first-order chi connectivity index (χ1) is 12.9. The van der Waals surface area contributed by atoms with Crippen LogP contribution in [0.15, 0.2) is 6.07 Å². The van der Waals surface area contributed by atoms with E-state index in [1.54, 1.807) is 0 Å². The van der Waals surface area contributed by atoms with Crippen molar-refractivity contribution in [3.05, 3.63) is 21.4 Å². The first-order valence-corrected chi connectivity index (χ1v) is 11.3. The van der Waals surface area contributed by atoms with Crippen LogP contribution in [0.2, 0.25) is 0 Å². The normalized spacial score (nSPS) is 32.3. The van der Waals surface area contributed by atoms with Crippen molar-refractivity contribution < 1.29 is 14.3 Å². The number of hydrogen-bond donors (Lipinski definition) is 1. The number of nitrogens with one attached hydrogen (secondary N) is 1. The number of thiophene rings is 1. The van der Waals surface area contributed by atoms with Gasteiger partial charge in [-0.25, -0.2) is 4.79 Å². The van der Waals surface area contributed by atoms with Crippen LogP contribution in [0.4, 0.5) is 0 Å². The first-order valence-electron chi connectivity index (χ1n) is 10.4. The highest BCUT2D eigenvalue weighted by Gasteiger charge is 2.53. The molecule has 0 saturated heterocycles. The lowest BCUT2D eigenvalue weighted by molar-refractivity contribution is -0.128. The monoisotopic (exact) mass is 389 g/mol. The molecule has 0 aromatic carbocycles. The lowest BCUT2D eigenvalue weighted by atomic mass is 9.48. The van der Waals surface area contributed by atoms with Gasteiger partial charge in [-0.1, -0.05) is 6.92 Å². The van der Waals surface area contributed by atoms with Gasteiger partial charge in [0.15, 0.2) is 6.61 Å². The Morgan fingerprint density at radius 1 is 1.22 bits per heavy atom. The Morgan fingerprint density at radius 3 is 2.33 bits per heavy atom. The van der Waals surface area contributed by atoms with Crippen molar-refractivity contribution in [2.45, 2.75) is 71.8 Å². The molecule has 4 bridgehead atoms. The Bertz CT molecular complexity index is 703.